The molecule has 0 atom stereocenters. The van der Waals surface area contributed by atoms with Crippen molar-refractivity contribution in [2.24, 2.45) is 0 Å². The molecule has 17 heteroatoms. The molecule has 1 fully saturated rings. The largest absolute Gasteiger partial charge is 0.495 e. The van der Waals surface area contributed by atoms with Gasteiger partial charge in [0.2, 0.25) is 0 Å². The fourth-order valence-electron chi connectivity index (χ4n) is 2.94. The van der Waals surface area contributed by atoms with Crippen LogP contribution >= 0.6 is 0 Å². The number of aliphatic carboxylic acids is 2. The number of hydrogen-bond acceptors (Lipinski definition) is 7. The number of hydrogen-bond donors (Lipinski definition) is 3. The van der Waals surface area contributed by atoms with Gasteiger partial charge in [0.25, 0.3) is 5.91 Å². The van der Waals surface area contributed by atoms with E-state index in [1.807, 2.05) is 19.1 Å². The molecule has 2 aromatic rings. The number of halogens is 6. The fraction of sp³-hybridized carbons (Fsp3) is 0.455. The van der Waals surface area contributed by atoms with Crippen molar-refractivity contribution in [3.8, 4) is 5.75 Å². The molecule has 3 rings (SSSR count). The summed E-state index contributed by atoms with van der Waals surface area (Å²) < 4.78 is 74.4. The van der Waals surface area contributed by atoms with Gasteiger partial charge in [-0.3, -0.25) is 4.79 Å². The zero-order valence-electron chi connectivity index (χ0n) is 20.9. The molecular formula is C22H26F6N4O7. The number of benzene rings is 1. The number of amides is 1. The number of nitrogens with one attached hydrogen (secondary N) is 1. The lowest BCUT2D eigenvalue weighted by Gasteiger charge is -2.30. The van der Waals surface area contributed by atoms with Crippen LogP contribution in [-0.2, 0) is 20.9 Å². The summed E-state index contributed by atoms with van der Waals surface area (Å²) in [5, 5.41) is 14.2. The van der Waals surface area contributed by atoms with E-state index in [4.69, 9.17) is 29.3 Å². The number of imidazole rings is 1. The number of nitrogens with zero attached hydrogens (tertiary/aromatic N) is 3. The highest BCUT2D eigenvalue weighted by Crippen LogP contribution is 2.30. The first kappa shape index (κ1) is 33.0. The number of aromatic nitrogens is 2. The Hall–Kier alpha value is -4.02. The molecule has 1 aliphatic heterocycles. The van der Waals surface area contributed by atoms with Crippen LogP contribution in [0.15, 0.2) is 24.4 Å². The number of rotatable bonds is 5. The Bertz CT molecular complexity index is 1090. The zero-order chi connectivity index (χ0) is 30.0. The maximum atomic E-state index is 12.8. The predicted molar refractivity (Wildman–Crippen MR) is 123 cm³/mol. The van der Waals surface area contributed by atoms with E-state index >= 15 is 0 Å². The number of H-pyrrole nitrogens is 1. The van der Waals surface area contributed by atoms with Crippen molar-refractivity contribution >= 4 is 23.5 Å². The molecule has 1 aliphatic rings. The third-order valence-corrected chi connectivity index (χ3v) is 4.75. The van der Waals surface area contributed by atoms with E-state index in [-0.39, 0.29) is 5.91 Å². The molecular weight excluding hydrogens is 546 g/mol. The maximum absolute atomic E-state index is 12.8. The van der Waals surface area contributed by atoms with E-state index < -0.39 is 24.3 Å². The van der Waals surface area contributed by atoms with Crippen molar-refractivity contribution in [1.29, 1.82) is 0 Å². The van der Waals surface area contributed by atoms with Crippen LogP contribution in [0.1, 0.15) is 21.9 Å². The summed E-state index contributed by atoms with van der Waals surface area (Å²) in [5.41, 5.74) is 2.54. The predicted octanol–water partition coefficient (Wildman–Crippen LogP) is 3.10. The van der Waals surface area contributed by atoms with E-state index in [0.717, 1.165) is 36.0 Å². The topological polar surface area (TPSA) is 145 Å². The number of carboxylic acids is 2. The highest BCUT2D eigenvalue weighted by Gasteiger charge is 2.38. The van der Waals surface area contributed by atoms with Gasteiger partial charge in [-0.15, -0.1) is 0 Å². The summed E-state index contributed by atoms with van der Waals surface area (Å²) in [6.45, 7) is 5.31. The molecule has 0 unspecified atom stereocenters. The average Bonchev–Trinajstić information content (AvgIpc) is 3.27. The van der Waals surface area contributed by atoms with Crippen LogP contribution in [0.5, 0.6) is 5.75 Å². The Morgan fingerprint density at radius 1 is 1.08 bits per heavy atom. The van der Waals surface area contributed by atoms with E-state index in [1.54, 1.807) is 31.3 Å². The first-order valence-corrected chi connectivity index (χ1v) is 10.8. The van der Waals surface area contributed by atoms with Crippen molar-refractivity contribution in [3.05, 3.63) is 41.5 Å². The highest BCUT2D eigenvalue weighted by molar-refractivity contribution is 5.95. The molecule has 1 saturated heterocycles. The summed E-state index contributed by atoms with van der Waals surface area (Å²) in [5.74, 6) is -4.02. The van der Waals surface area contributed by atoms with Crippen molar-refractivity contribution in [1.82, 2.24) is 14.9 Å². The number of aryl methyl sites for hydroxylation is 1. The number of aromatic amines is 1. The second kappa shape index (κ2) is 14.2. The molecule has 1 aromatic carbocycles. The third kappa shape index (κ3) is 11.1. The molecule has 0 radical (unpaired) electrons. The van der Waals surface area contributed by atoms with E-state index in [1.165, 1.54) is 0 Å². The summed E-state index contributed by atoms with van der Waals surface area (Å²) >= 11 is 0. The Morgan fingerprint density at radius 3 is 2.00 bits per heavy atom. The van der Waals surface area contributed by atoms with Gasteiger partial charge >= 0.3 is 24.3 Å². The SMILES string of the molecule is COc1ccc(C(=O)N(C)Cc2ncc(C)[nH]2)cc1N1CCOCC1.O=C(O)C(F)(F)F.O=C(O)C(F)(F)F. The van der Waals surface area contributed by atoms with E-state index in [9.17, 15) is 31.1 Å². The van der Waals surface area contributed by atoms with Crippen LogP contribution in [0.4, 0.5) is 32.0 Å². The number of anilines is 1. The maximum Gasteiger partial charge on any atom is 0.490 e. The van der Waals surface area contributed by atoms with Crippen molar-refractivity contribution in [2.45, 2.75) is 25.8 Å². The Balaban J connectivity index is 0.000000449. The summed E-state index contributed by atoms with van der Waals surface area (Å²) in [6.07, 6.45) is -8.41. The van der Waals surface area contributed by atoms with Crippen molar-refractivity contribution in [3.63, 3.8) is 0 Å². The monoisotopic (exact) mass is 572 g/mol. The average molecular weight is 572 g/mol. The third-order valence-electron chi connectivity index (χ3n) is 4.75. The van der Waals surface area contributed by atoms with Crippen LogP contribution in [-0.4, -0.2) is 95.7 Å². The van der Waals surface area contributed by atoms with Crippen LogP contribution in [0.3, 0.4) is 0 Å². The molecule has 1 aromatic heterocycles. The number of alkyl halides is 6. The molecule has 0 saturated carbocycles. The molecule has 11 nitrogen and oxygen atoms in total. The van der Waals surface area contributed by atoms with Crippen molar-refractivity contribution in [2.75, 3.05) is 45.4 Å². The number of carboxylic acid groups (broad SMARTS) is 2. The van der Waals surface area contributed by atoms with Crippen molar-refractivity contribution < 1.29 is 60.4 Å². The number of morpholine rings is 1. The molecule has 218 valence electrons. The molecule has 3 N–H and O–H groups in total. The fourth-order valence-corrected chi connectivity index (χ4v) is 2.94. The quantitative estimate of drug-likeness (QED) is 0.460. The van der Waals surface area contributed by atoms with Gasteiger partial charge in [0.15, 0.2) is 0 Å². The summed E-state index contributed by atoms with van der Waals surface area (Å²) in [6, 6.07) is 5.55. The minimum Gasteiger partial charge on any atom is -0.495 e. The van der Waals surface area contributed by atoms with Gasteiger partial charge in [-0.1, -0.05) is 0 Å². The smallest absolute Gasteiger partial charge is 0.490 e. The first-order valence-electron chi connectivity index (χ1n) is 10.8. The van der Waals surface area contributed by atoms with Gasteiger partial charge in [0.1, 0.15) is 11.6 Å². The van der Waals surface area contributed by atoms with Gasteiger partial charge in [-0.05, 0) is 25.1 Å². The molecule has 0 spiro atoms. The molecule has 39 heavy (non-hydrogen) atoms. The second-order valence-corrected chi connectivity index (χ2v) is 7.77. The van der Waals surface area contributed by atoms with Gasteiger partial charge in [0, 0.05) is 37.6 Å². The molecule has 2 heterocycles. The number of ether oxygens (including phenoxy) is 2. The number of carbonyl (C=O) groups is 3. The Labute approximate surface area is 217 Å². The van der Waals surface area contributed by atoms with Gasteiger partial charge in [-0.2, -0.15) is 26.3 Å². The molecule has 0 bridgehead atoms. The lowest BCUT2D eigenvalue weighted by molar-refractivity contribution is -0.193. The van der Waals surface area contributed by atoms with Crippen LogP contribution < -0.4 is 9.64 Å². The lowest BCUT2D eigenvalue weighted by Crippen LogP contribution is -2.36. The summed E-state index contributed by atoms with van der Waals surface area (Å²) in [4.78, 5) is 41.8. The minimum absolute atomic E-state index is 0.0498. The highest BCUT2D eigenvalue weighted by atomic mass is 19.4. The molecule has 1 amide bonds. The van der Waals surface area contributed by atoms with Crippen LogP contribution in [0.2, 0.25) is 0 Å². The Kier molecular flexibility index (Phi) is 12.0. The lowest BCUT2D eigenvalue weighted by atomic mass is 10.1. The second-order valence-electron chi connectivity index (χ2n) is 7.77. The van der Waals surface area contributed by atoms with Crippen LogP contribution in [0.25, 0.3) is 0 Å². The minimum atomic E-state index is -5.08. The van der Waals surface area contributed by atoms with Gasteiger partial charge < -0.3 is 34.5 Å². The summed E-state index contributed by atoms with van der Waals surface area (Å²) in [7, 11) is 3.42. The van der Waals surface area contributed by atoms with Gasteiger partial charge in [-0.25, -0.2) is 14.6 Å². The Morgan fingerprint density at radius 2 is 1.59 bits per heavy atom. The van der Waals surface area contributed by atoms with Gasteiger partial charge in [0.05, 0.1) is 32.6 Å². The van der Waals surface area contributed by atoms with E-state index in [2.05, 4.69) is 14.9 Å². The first-order chi connectivity index (χ1) is 18.0. The van der Waals surface area contributed by atoms with E-state index in [0.29, 0.717) is 25.3 Å². The number of carbonyl (C=O) groups excluding carboxylic acids is 1. The van der Waals surface area contributed by atoms with Crippen LogP contribution in [0, 0.1) is 6.92 Å². The standard InChI is InChI=1S/C18H24N4O3.2C2HF3O2/c1-13-11-19-17(20-13)12-21(2)18(23)14-4-5-16(24-3)15(10-14)22-6-8-25-9-7-22;2*3-2(4,5)1(6)7/h4-5,10-11H,6-9,12H2,1-3H3,(H,19,20);2*(H,6,7). The number of methoxy groups -OCH3 is 1. The zero-order valence-corrected chi connectivity index (χ0v) is 20.9. The normalized spacial score (nSPS) is 13.3. The molecule has 0 aliphatic carbocycles.